The minimum Gasteiger partial charge on any atom is -0.484 e. The number of carbonyl (C=O) groups is 2. The number of ether oxygens (including phenoxy) is 2. The number of para-hydroxylation sites is 1. The van der Waals surface area contributed by atoms with Gasteiger partial charge in [0.05, 0.1) is 23.8 Å². The van der Waals surface area contributed by atoms with Crippen LogP contribution in [-0.2, 0) is 20.9 Å². The molecule has 2 heterocycles. The van der Waals surface area contributed by atoms with Gasteiger partial charge in [-0.05, 0) is 41.6 Å². The molecular formula is C22H16FN5O5S. The lowest BCUT2D eigenvalue weighted by Gasteiger charge is -2.01. The van der Waals surface area contributed by atoms with Gasteiger partial charge < -0.3 is 14.0 Å². The molecule has 34 heavy (non-hydrogen) atoms. The number of carbonyl (C=O) groups excluding carboxylic acids is 2. The van der Waals surface area contributed by atoms with E-state index in [-0.39, 0.29) is 34.0 Å². The predicted octanol–water partition coefficient (Wildman–Crippen LogP) is 3.06. The molecule has 1 saturated heterocycles. The molecule has 4 rings (SSSR count). The number of benzene rings is 2. The molecule has 0 bridgehead atoms. The molecule has 10 nitrogen and oxygen atoms in total. The van der Waals surface area contributed by atoms with Crippen LogP contribution in [0, 0.1) is 5.82 Å². The Hall–Kier alpha value is -4.32. The number of thioether (sulfide) groups is 1. The van der Waals surface area contributed by atoms with E-state index in [1.165, 1.54) is 31.5 Å². The SMILES string of the molecule is COC(=O)/C=C1/S/C(=N\N=Cc2ccc(F)c(-c3noc(COc4ccccc4)n3)c2)NC1=O. The number of methoxy groups -OCH3 is 1. The number of esters is 1. The summed E-state index contributed by atoms with van der Waals surface area (Å²) in [5, 5.41) is 14.3. The van der Waals surface area contributed by atoms with E-state index in [9.17, 15) is 14.0 Å². The molecule has 2 aromatic carbocycles. The number of nitrogens with zero attached hydrogens (tertiary/aromatic N) is 4. The first-order chi connectivity index (χ1) is 16.5. The van der Waals surface area contributed by atoms with Crippen LogP contribution < -0.4 is 10.1 Å². The third-order valence-electron chi connectivity index (χ3n) is 4.26. The minimum atomic E-state index is -0.655. The summed E-state index contributed by atoms with van der Waals surface area (Å²) in [6.45, 7) is 0.0348. The molecule has 12 heteroatoms. The van der Waals surface area contributed by atoms with Crippen LogP contribution in [0.15, 0.2) is 74.2 Å². The number of halogens is 1. The molecule has 0 saturated carbocycles. The predicted molar refractivity (Wildman–Crippen MR) is 121 cm³/mol. The third kappa shape index (κ3) is 5.72. The van der Waals surface area contributed by atoms with E-state index in [0.29, 0.717) is 11.3 Å². The Bertz CT molecular complexity index is 1310. The van der Waals surface area contributed by atoms with E-state index in [1.807, 2.05) is 18.2 Å². The molecule has 3 aromatic rings. The lowest BCUT2D eigenvalue weighted by Crippen LogP contribution is -2.19. The summed E-state index contributed by atoms with van der Waals surface area (Å²) in [5.41, 5.74) is 0.616. The number of nitrogens with one attached hydrogen (secondary N) is 1. The number of rotatable bonds is 7. The standard InChI is InChI=1S/C22H16FN5O5S/c1-31-19(29)10-17-21(30)26-22(34-17)27-24-11-13-7-8-16(23)15(9-13)20-25-18(33-28-20)12-32-14-5-3-2-4-6-14/h2-11H,12H2,1H3,(H,26,27,30)/b17-10+,24-11?. The Morgan fingerprint density at radius 1 is 1.26 bits per heavy atom. The van der Waals surface area contributed by atoms with Crippen LogP contribution in [0.25, 0.3) is 11.4 Å². The second-order valence-corrected chi connectivity index (χ2v) is 7.62. The van der Waals surface area contributed by atoms with E-state index in [1.54, 1.807) is 12.1 Å². The second kappa shape index (κ2) is 10.5. The van der Waals surface area contributed by atoms with Crippen LogP contribution in [0.2, 0.25) is 0 Å². The molecule has 1 aliphatic rings. The number of amidine groups is 1. The van der Waals surface area contributed by atoms with Crippen molar-refractivity contribution in [2.24, 2.45) is 10.2 Å². The van der Waals surface area contributed by atoms with Crippen molar-refractivity contribution in [1.82, 2.24) is 15.5 Å². The van der Waals surface area contributed by atoms with Gasteiger partial charge in [-0.25, -0.2) is 9.18 Å². The maximum absolute atomic E-state index is 14.4. The molecular weight excluding hydrogens is 465 g/mol. The first-order valence-corrected chi connectivity index (χ1v) is 10.5. The zero-order valence-electron chi connectivity index (χ0n) is 17.6. The monoisotopic (exact) mass is 481 g/mol. The van der Waals surface area contributed by atoms with Crippen molar-refractivity contribution in [3.63, 3.8) is 0 Å². The van der Waals surface area contributed by atoms with Crippen molar-refractivity contribution in [2.45, 2.75) is 6.61 Å². The summed E-state index contributed by atoms with van der Waals surface area (Å²) in [5.74, 6) is -0.806. The number of hydrogen-bond donors (Lipinski definition) is 1. The highest BCUT2D eigenvalue weighted by Gasteiger charge is 2.25. The average Bonchev–Trinajstić information content (AvgIpc) is 3.46. The highest BCUT2D eigenvalue weighted by molar-refractivity contribution is 8.18. The lowest BCUT2D eigenvalue weighted by molar-refractivity contribution is -0.135. The van der Waals surface area contributed by atoms with E-state index in [2.05, 4.69) is 30.4 Å². The first kappa shape index (κ1) is 22.9. The summed E-state index contributed by atoms with van der Waals surface area (Å²) >= 11 is 0.937. The molecule has 1 aliphatic heterocycles. The third-order valence-corrected chi connectivity index (χ3v) is 5.16. The Kier molecular flexibility index (Phi) is 7.08. The van der Waals surface area contributed by atoms with E-state index in [0.717, 1.165) is 17.8 Å². The largest absolute Gasteiger partial charge is 0.484 e. The number of amides is 1. The van der Waals surface area contributed by atoms with Gasteiger partial charge in [0.1, 0.15) is 11.6 Å². The van der Waals surface area contributed by atoms with Crippen LogP contribution >= 0.6 is 11.8 Å². The summed E-state index contributed by atoms with van der Waals surface area (Å²) in [6, 6.07) is 13.3. The van der Waals surface area contributed by atoms with Crippen LogP contribution in [0.5, 0.6) is 5.75 Å². The molecule has 172 valence electrons. The van der Waals surface area contributed by atoms with Gasteiger partial charge in [0.15, 0.2) is 11.8 Å². The fourth-order valence-corrected chi connectivity index (χ4v) is 3.41. The molecule has 0 radical (unpaired) electrons. The highest BCUT2D eigenvalue weighted by Crippen LogP contribution is 2.24. The minimum absolute atomic E-state index is 0.0348. The molecule has 0 unspecified atom stereocenters. The smallest absolute Gasteiger partial charge is 0.331 e. The van der Waals surface area contributed by atoms with Crippen molar-refractivity contribution < 1.29 is 28.0 Å². The average molecular weight is 481 g/mol. The highest BCUT2D eigenvalue weighted by atomic mass is 32.2. The molecule has 1 fully saturated rings. The van der Waals surface area contributed by atoms with Crippen molar-refractivity contribution in [2.75, 3.05) is 7.11 Å². The maximum Gasteiger partial charge on any atom is 0.331 e. The zero-order valence-corrected chi connectivity index (χ0v) is 18.4. The van der Waals surface area contributed by atoms with Gasteiger partial charge in [-0.3, -0.25) is 10.1 Å². The Morgan fingerprint density at radius 3 is 2.88 bits per heavy atom. The Balaban J connectivity index is 1.44. The first-order valence-electron chi connectivity index (χ1n) is 9.72. The lowest BCUT2D eigenvalue weighted by atomic mass is 10.1. The van der Waals surface area contributed by atoms with Crippen LogP contribution in [0.3, 0.4) is 0 Å². The molecule has 0 spiro atoms. The fraction of sp³-hybridized carbons (Fsp3) is 0.0909. The molecule has 1 N–H and O–H groups in total. The van der Waals surface area contributed by atoms with Crippen LogP contribution in [-0.4, -0.2) is 40.5 Å². The van der Waals surface area contributed by atoms with Crippen molar-refractivity contribution in [1.29, 1.82) is 0 Å². The van der Waals surface area contributed by atoms with Crippen molar-refractivity contribution in [3.05, 3.63) is 76.8 Å². The summed E-state index contributed by atoms with van der Waals surface area (Å²) < 4.78 is 29.6. The van der Waals surface area contributed by atoms with Gasteiger partial charge in [0.25, 0.3) is 11.8 Å². The van der Waals surface area contributed by atoms with Gasteiger partial charge >= 0.3 is 5.97 Å². The summed E-state index contributed by atoms with van der Waals surface area (Å²) in [4.78, 5) is 27.4. The second-order valence-electron chi connectivity index (χ2n) is 6.59. The van der Waals surface area contributed by atoms with Gasteiger partial charge in [0, 0.05) is 6.08 Å². The topological polar surface area (TPSA) is 128 Å². The maximum atomic E-state index is 14.4. The normalized spacial score (nSPS) is 15.8. The van der Waals surface area contributed by atoms with Gasteiger partial charge in [-0.15, -0.1) is 5.10 Å². The van der Waals surface area contributed by atoms with Crippen molar-refractivity contribution in [3.8, 4) is 17.1 Å². The van der Waals surface area contributed by atoms with Gasteiger partial charge in [-0.1, -0.05) is 29.4 Å². The van der Waals surface area contributed by atoms with Gasteiger partial charge in [-0.2, -0.15) is 10.1 Å². The molecule has 0 aliphatic carbocycles. The fourth-order valence-electron chi connectivity index (χ4n) is 2.67. The van der Waals surface area contributed by atoms with Crippen LogP contribution in [0.4, 0.5) is 4.39 Å². The van der Waals surface area contributed by atoms with E-state index < -0.39 is 17.7 Å². The zero-order chi connectivity index (χ0) is 23.9. The summed E-state index contributed by atoms with van der Waals surface area (Å²) in [6.07, 6.45) is 2.42. The molecule has 0 atom stereocenters. The summed E-state index contributed by atoms with van der Waals surface area (Å²) in [7, 11) is 1.21. The van der Waals surface area contributed by atoms with E-state index in [4.69, 9.17) is 9.26 Å². The number of hydrogen-bond acceptors (Lipinski definition) is 10. The molecule has 1 aromatic heterocycles. The Labute approximate surface area is 196 Å². The molecule has 1 amide bonds. The Morgan fingerprint density at radius 2 is 2.09 bits per heavy atom. The van der Waals surface area contributed by atoms with Gasteiger partial charge in [0.2, 0.25) is 5.82 Å². The quantitative estimate of drug-likeness (QED) is 0.236. The number of aromatic nitrogens is 2. The van der Waals surface area contributed by atoms with Crippen molar-refractivity contribution >= 4 is 35.0 Å². The van der Waals surface area contributed by atoms with E-state index >= 15 is 0 Å². The van der Waals surface area contributed by atoms with Crippen LogP contribution in [0.1, 0.15) is 11.5 Å².